The minimum atomic E-state index is -0.984. The maximum atomic E-state index is 9.06. The fourth-order valence-corrected chi connectivity index (χ4v) is 0.944. The molecule has 1 atom stereocenters. The van der Waals surface area contributed by atoms with E-state index < -0.39 is 6.29 Å². The van der Waals surface area contributed by atoms with Crippen LogP contribution in [0.15, 0.2) is 20.0 Å². The molecule has 6 heteroatoms. The van der Waals surface area contributed by atoms with Crippen molar-refractivity contribution < 1.29 is 9.84 Å². The van der Waals surface area contributed by atoms with Gasteiger partial charge in [-0.25, -0.2) is 0 Å². The predicted molar refractivity (Wildman–Crippen MR) is 57.7 cm³/mol. The van der Waals surface area contributed by atoms with E-state index in [4.69, 9.17) is 33.0 Å². The van der Waals surface area contributed by atoms with Gasteiger partial charge >= 0.3 is 0 Å². The SMILES string of the molecule is OC(C=C(Br)Br)OCC=C(Cl)Cl. The molecule has 0 aromatic carbocycles. The summed E-state index contributed by atoms with van der Waals surface area (Å²) in [7, 11) is 0. The van der Waals surface area contributed by atoms with Crippen LogP contribution in [0, 0.1) is 0 Å². The van der Waals surface area contributed by atoms with Gasteiger partial charge in [-0.05, 0) is 44.0 Å². The van der Waals surface area contributed by atoms with E-state index in [1.54, 1.807) is 0 Å². The van der Waals surface area contributed by atoms with Crippen LogP contribution in [-0.4, -0.2) is 18.0 Å². The lowest BCUT2D eigenvalue weighted by molar-refractivity contribution is -0.0521. The van der Waals surface area contributed by atoms with E-state index in [0.717, 1.165) is 0 Å². The van der Waals surface area contributed by atoms with Crippen molar-refractivity contribution in [2.45, 2.75) is 6.29 Å². The fourth-order valence-electron chi connectivity index (χ4n) is 0.366. The van der Waals surface area contributed by atoms with Crippen LogP contribution in [0.5, 0.6) is 0 Å². The lowest BCUT2D eigenvalue weighted by atomic mass is 10.6. The first kappa shape index (κ1) is 12.9. The second kappa shape index (κ2) is 7.35. The third-order valence-electron chi connectivity index (χ3n) is 0.773. The summed E-state index contributed by atoms with van der Waals surface area (Å²) in [6.45, 7) is 0.160. The quantitative estimate of drug-likeness (QED) is 0.796. The second-order valence-electron chi connectivity index (χ2n) is 1.67. The highest BCUT2D eigenvalue weighted by Crippen LogP contribution is 2.14. The highest BCUT2D eigenvalue weighted by atomic mass is 79.9. The van der Waals surface area contributed by atoms with Gasteiger partial charge in [-0.3, -0.25) is 0 Å². The summed E-state index contributed by atoms with van der Waals surface area (Å²) in [5.74, 6) is 0. The van der Waals surface area contributed by atoms with Crippen molar-refractivity contribution in [2.24, 2.45) is 0 Å². The van der Waals surface area contributed by atoms with Gasteiger partial charge < -0.3 is 9.84 Å². The molecule has 0 heterocycles. The van der Waals surface area contributed by atoms with Crippen LogP contribution in [0.2, 0.25) is 0 Å². The van der Waals surface area contributed by atoms with E-state index in [1.807, 2.05) is 0 Å². The van der Waals surface area contributed by atoms with Crippen molar-refractivity contribution >= 4 is 55.1 Å². The molecule has 1 unspecified atom stereocenters. The smallest absolute Gasteiger partial charge is 0.176 e. The summed E-state index contributed by atoms with van der Waals surface area (Å²) >= 11 is 16.7. The molecule has 0 amide bonds. The predicted octanol–water partition coefficient (Wildman–Crippen LogP) is 3.27. The molecule has 0 aliphatic heterocycles. The van der Waals surface area contributed by atoms with Gasteiger partial charge in [0.25, 0.3) is 0 Å². The summed E-state index contributed by atoms with van der Waals surface area (Å²) < 4.78 is 5.57. The van der Waals surface area contributed by atoms with Crippen LogP contribution in [0.25, 0.3) is 0 Å². The van der Waals surface area contributed by atoms with Crippen molar-refractivity contribution in [1.29, 1.82) is 0 Å². The first-order valence-corrected chi connectivity index (χ1v) is 5.20. The molecule has 0 radical (unpaired) electrons. The maximum absolute atomic E-state index is 9.06. The Labute approximate surface area is 97.4 Å². The average Bonchev–Trinajstić information content (AvgIpc) is 1.84. The van der Waals surface area contributed by atoms with E-state index in [2.05, 4.69) is 31.9 Å². The van der Waals surface area contributed by atoms with Gasteiger partial charge in [0.15, 0.2) is 6.29 Å². The van der Waals surface area contributed by atoms with Crippen molar-refractivity contribution in [3.8, 4) is 0 Å². The largest absolute Gasteiger partial charge is 0.365 e. The molecule has 2 nitrogen and oxygen atoms in total. The van der Waals surface area contributed by atoms with Crippen LogP contribution in [0.3, 0.4) is 0 Å². The van der Waals surface area contributed by atoms with Gasteiger partial charge in [0, 0.05) is 0 Å². The van der Waals surface area contributed by atoms with Gasteiger partial charge in [0.05, 0.1) is 10.00 Å². The van der Waals surface area contributed by atoms with Crippen LogP contribution in [-0.2, 0) is 4.74 Å². The Kier molecular flexibility index (Phi) is 7.93. The van der Waals surface area contributed by atoms with Crippen molar-refractivity contribution in [2.75, 3.05) is 6.61 Å². The van der Waals surface area contributed by atoms with Gasteiger partial charge in [0.2, 0.25) is 0 Å². The van der Waals surface area contributed by atoms with Crippen LogP contribution in [0.1, 0.15) is 0 Å². The second-order valence-corrected chi connectivity index (χ2v) is 5.45. The third-order valence-corrected chi connectivity index (χ3v) is 1.61. The summed E-state index contributed by atoms with van der Waals surface area (Å²) in [6.07, 6.45) is 1.88. The molecule has 12 heavy (non-hydrogen) atoms. The summed E-state index contributed by atoms with van der Waals surface area (Å²) in [5, 5.41) is 9.06. The Morgan fingerprint density at radius 3 is 2.50 bits per heavy atom. The van der Waals surface area contributed by atoms with Gasteiger partial charge in [-0.1, -0.05) is 23.2 Å². The lowest BCUT2D eigenvalue weighted by Crippen LogP contribution is -2.08. The van der Waals surface area contributed by atoms with E-state index >= 15 is 0 Å². The average molecular weight is 341 g/mol. The Morgan fingerprint density at radius 1 is 1.50 bits per heavy atom. The number of rotatable bonds is 4. The van der Waals surface area contributed by atoms with E-state index in [0.29, 0.717) is 3.39 Å². The van der Waals surface area contributed by atoms with Crippen molar-refractivity contribution in [3.63, 3.8) is 0 Å². The molecule has 0 rings (SSSR count). The topological polar surface area (TPSA) is 29.5 Å². The monoisotopic (exact) mass is 338 g/mol. The van der Waals surface area contributed by atoms with E-state index in [1.165, 1.54) is 12.2 Å². The molecule has 1 N–H and O–H groups in total. The minimum absolute atomic E-state index is 0.115. The van der Waals surface area contributed by atoms with Gasteiger partial charge in [-0.15, -0.1) is 0 Å². The zero-order valence-electron chi connectivity index (χ0n) is 5.81. The van der Waals surface area contributed by atoms with E-state index in [9.17, 15) is 0 Å². The summed E-state index contributed by atoms with van der Waals surface area (Å²) in [6, 6.07) is 0. The molecule has 0 aromatic rings. The molecule has 0 aliphatic rings. The number of hydrogen-bond donors (Lipinski definition) is 1. The molecule has 0 fully saturated rings. The van der Waals surface area contributed by atoms with Crippen LogP contribution in [0.4, 0.5) is 0 Å². The number of halogens is 4. The normalized spacial score (nSPS) is 12.1. The zero-order chi connectivity index (χ0) is 9.56. The third kappa shape index (κ3) is 9.03. The summed E-state index contributed by atoms with van der Waals surface area (Å²) in [4.78, 5) is 0. The molecule has 0 spiro atoms. The molecule has 0 aliphatic carbocycles. The molecular weight excluding hydrogens is 335 g/mol. The highest BCUT2D eigenvalue weighted by molar-refractivity contribution is 9.28. The Hall–Kier alpha value is 0.940. The Morgan fingerprint density at radius 2 is 2.08 bits per heavy atom. The van der Waals surface area contributed by atoms with E-state index in [-0.39, 0.29) is 11.1 Å². The van der Waals surface area contributed by atoms with Gasteiger partial charge in [0.1, 0.15) is 4.49 Å². The van der Waals surface area contributed by atoms with Gasteiger partial charge in [-0.2, -0.15) is 0 Å². The summed E-state index contributed by atoms with van der Waals surface area (Å²) in [5.41, 5.74) is 0. The first-order valence-electron chi connectivity index (χ1n) is 2.86. The maximum Gasteiger partial charge on any atom is 0.176 e. The van der Waals surface area contributed by atoms with Crippen molar-refractivity contribution in [3.05, 3.63) is 20.0 Å². The highest BCUT2D eigenvalue weighted by Gasteiger charge is 1.98. The number of aliphatic hydroxyl groups is 1. The number of aliphatic hydroxyl groups excluding tert-OH is 1. The molecule has 0 saturated carbocycles. The minimum Gasteiger partial charge on any atom is -0.365 e. The Balaban J connectivity index is 3.65. The Bertz CT molecular complexity index is 186. The molecule has 0 bridgehead atoms. The molecule has 0 saturated heterocycles. The molecule has 70 valence electrons. The molecule has 0 aromatic heterocycles. The first-order chi connectivity index (χ1) is 5.52. The lowest BCUT2D eigenvalue weighted by Gasteiger charge is -2.04. The van der Waals surface area contributed by atoms with Crippen LogP contribution >= 0.6 is 55.1 Å². The zero-order valence-corrected chi connectivity index (χ0v) is 10.5. The molecular formula is C6H6Br2Cl2O2. The number of hydrogen-bond acceptors (Lipinski definition) is 2. The standard InChI is InChI=1S/C6H6Br2Cl2O2/c7-4(8)3-6(11)12-2-1-5(9)10/h1,3,6,11H,2H2. The van der Waals surface area contributed by atoms with Crippen LogP contribution < -0.4 is 0 Å². The fraction of sp³-hybridized carbons (Fsp3) is 0.333. The van der Waals surface area contributed by atoms with Crippen molar-refractivity contribution in [1.82, 2.24) is 0 Å². The number of ether oxygens (including phenoxy) is 1.